The highest BCUT2D eigenvalue weighted by molar-refractivity contribution is 7.89. The summed E-state index contributed by atoms with van der Waals surface area (Å²) in [5.41, 5.74) is 6.29. The van der Waals surface area contributed by atoms with Gasteiger partial charge in [0, 0.05) is 32.9 Å². The molecule has 0 aromatic carbocycles. The molecular weight excluding hydrogens is 278 g/mol. The van der Waals surface area contributed by atoms with Crippen molar-refractivity contribution in [1.29, 1.82) is 0 Å². The molecule has 1 rings (SSSR count). The standard InChI is InChI=1S/C13H23N3O3S/c1-11(2)10-16(6-7-19-3)20(17,18)13-5-4-12(8-14)9-15-13/h4-5,9,11H,6-8,10,14H2,1-3H3. The zero-order valence-electron chi connectivity index (χ0n) is 12.2. The van der Waals surface area contributed by atoms with Crippen molar-refractivity contribution < 1.29 is 13.2 Å². The second kappa shape index (κ2) is 7.68. The maximum Gasteiger partial charge on any atom is 0.260 e. The molecule has 0 saturated heterocycles. The number of pyridine rings is 1. The lowest BCUT2D eigenvalue weighted by atomic mass is 10.2. The molecule has 0 unspecified atom stereocenters. The van der Waals surface area contributed by atoms with Crippen LogP contribution in [0.5, 0.6) is 0 Å². The van der Waals surface area contributed by atoms with Gasteiger partial charge in [-0.15, -0.1) is 0 Å². The minimum Gasteiger partial charge on any atom is -0.383 e. The molecule has 1 aromatic heterocycles. The van der Waals surface area contributed by atoms with Crippen LogP contribution in [0.25, 0.3) is 0 Å². The molecule has 0 atom stereocenters. The Balaban J connectivity index is 3.00. The van der Waals surface area contributed by atoms with Gasteiger partial charge in [-0.3, -0.25) is 0 Å². The summed E-state index contributed by atoms with van der Waals surface area (Å²) < 4.78 is 31.5. The van der Waals surface area contributed by atoms with E-state index in [9.17, 15) is 8.42 Å². The molecule has 0 aliphatic rings. The Bertz CT molecular complexity index is 500. The normalized spacial score (nSPS) is 12.3. The molecule has 1 heterocycles. The van der Waals surface area contributed by atoms with E-state index in [0.29, 0.717) is 26.2 Å². The fourth-order valence-corrected chi connectivity index (χ4v) is 3.23. The van der Waals surface area contributed by atoms with Crippen LogP contribution in [0.3, 0.4) is 0 Å². The molecule has 114 valence electrons. The van der Waals surface area contributed by atoms with Crippen molar-refractivity contribution in [1.82, 2.24) is 9.29 Å². The van der Waals surface area contributed by atoms with Gasteiger partial charge in [0.15, 0.2) is 5.03 Å². The molecule has 1 aromatic rings. The van der Waals surface area contributed by atoms with Crippen LogP contribution in [0.15, 0.2) is 23.4 Å². The van der Waals surface area contributed by atoms with Crippen LogP contribution in [0.2, 0.25) is 0 Å². The minimum absolute atomic E-state index is 0.0476. The Labute approximate surface area is 121 Å². The first-order valence-corrected chi connectivity index (χ1v) is 8.00. The van der Waals surface area contributed by atoms with Crippen LogP contribution in [0.1, 0.15) is 19.4 Å². The Morgan fingerprint density at radius 3 is 2.55 bits per heavy atom. The van der Waals surface area contributed by atoms with E-state index in [0.717, 1.165) is 5.56 Å². The van der Waals surface area contributed by atoms with Crippen molar-refractivity contribution in [3.8, 4) is 0 Å². The van der Waals surface area contributed by atoms with Gasteiger partial charge in [0.25, 0.3) is 10.0 Å². The predicted molar refractivity (Wildman–Crippen MR) is 77.6 cm³/mol. The lowest BCUT2D eigenvalue weighted by Crippen LogP contribution is -2.37. The number of hydrogen-bond acceptors (Lipinski definition) is 5. The van der Waals surface area contributed by atoms with E-state index in [1.54, 1.807) is 13.2 Å². The molecule has 7 heteroatoms. The minimum atomic E-state index is -3.59. The first-order chi connectivity index (χ1) is 9.41. The van der Waals surface area contributed by atoms with Gasteiger partial charge in [0.1, 0.15) is 0 Å². The zero-order valence-corrected chi connectivity index (χ0v) is 13.1. The van der Waals surface area contributed by atoms with E-state index < -0.39 is 10.0 Å². The van der Waals surface area contributed by atoms with Gasteiger partial charge in [-0.2, -0.15) is 4.31 Å². The zero-order chi connectivity index (χ0) is 15.2. The largest absolute Gasteiger partial charge is 0.383 e. The van der Waals surface area contributed by atoms with E-state index in [1.165, 1.54) is 16.6 Å². The first-order valence-electron chi connectivity index (χ1n) is 6.56. The van der Waals surface area contributed by atoms with Gasteiger partial charge in [0.05, 0.1) is 6.61 Å². The maximum atomic E-state index is 12.5. The number of methoxy groups -OCH3 is 1. The van der Waals surface area contributed by atoms with E-state index in [2.05, 4.69) is 4.98 Å². The van der Waals surface area contributed by atoms with Crippen LogP contribution in [-0.2, 0) is 21.3 Å². The topological polar surface area (TPSA) is 85.5 Å². The summed E-state index contributed by atoms with van der Waals surface area (Å²) in [4.78, 5) is 4.01. The average Bonchev–Trinajstić information content (AvgIpc) is 2.43. The molecule has 0 radical (unpaired) electrons. The summed E-state index contributed by atoms with van der Waals surface area (Å²) in [6.07, 6.45) is 1.50. The van der Waals surface area contributed by atoms with Crippen molar-refractivity contribution in [3.05, 3.63) is 23.9 Å². The van der Waals surface area contributed by atoms with E-state index in [-0.39, 0.29) is 10.9 Å². The van der Waals surface area contributed by atoms with Crippen LogP contribution in [0.4, 0.5) is 0 Å². The monoisotopic (exact) mass is 301 g/mol. The van der Waals surface area contributed by atoms with Gasteiger partial charge in [0.2, 0.25) is 0 Å². The third kappa shape index (κ3) is 4.52. The van der Waals surface area contributed by atoms with Crippen molar-refractivity contribution in [2.24, 2.45) is 11.7 Å². The fourth-order valence-electron chi connectivity index (χ4n) is 1.73. The summed E-state index contributed by atoms with van der Waals surface area (Å²) >= 11 is 0. The summed E-state index contributed by atoms with van der Waals surface area (Å²) in [5.74, 6) is 0.227. The first kappa shape index (κ1) is 17.0. The highest BCUT2D eigenvalue weighted by atomic mass is 32.2. The van der Waals surface area contributed by atoms with Crippen molar-refractivity contribution >= 4 is 10.0 Å². The SMILES string of the molecule is COCCN(CC(C)C)S(=O)(=O)c1ccc(CN)cn1. The number of ether oxygens (including phenoxy) is 1. The highest BCUT2D eigenvalue weighted by Crippen LogP contribution is 2.15. The highest BCUT2D eigenvalue weighted by Gasteiger charge is 2.26. The Morgan fingerprint density at radius 1 is 1.40 bits per heavy atom. The van der Waals surface area contributed by atoms with Crippen LogP contribution in [0, 0.1) is 5.92 Å². The third-order valence-corrected chi connectivity index (χ3v) is 4.53. The summed E-state index contributed by atoms with van der Waals surface area (Å²) in [6.45, 7) is 5.39. The number of nitrogens with two attached hydrogens (primary N) is 1. The van der Waals surface area contributed by atoms with Crippen LogP contribution in [-0.4, -0.2) is 44.5 Å². The molecule has 0 spiro atoms. The van der Waals surface area contributed by atoms with Gasteiger partial charge in [-0.1, -0.05) is 19.9 Å². The third-order valence-electron chi connectivity index (χ3n) is 2.75. The van der Waals surface area contributed by atoms with Gasteiger partial charge < -0.3 is 10.5 Å². The van der Waals surface area contributed by atoms with Gasteiger partial charge in [-0.05, 0) is 17.5 Å². The predicted octanol–water partition coefficient (Wildman–Crippen LogP) is 0.833. The van der Waals surface area contributed by atoms with Crippen LogP contribution < -0.4 is 5.73 Å². The van der Waals surface area contributed by atoms with E-state index >= 15 is 0 Å². The molecule has 0 fully saturated rings. The Morgan fingerprint density at radius 2 is 2.10 bits per heavy atom. The molecule has 0 aliphatic heterocycles. The van der Waals surface area contributed by atoms with Crippen LogP contribution >= 0.6 is 0 Å². The number of sulfonamides is 1. The quantitative estimate of drug-likeness (QED) is 0.769. The molecule has 0 aliphatic carbocycles. The second-order valence-electron chi connectivity index (χ2n) is 4.96. The lowest BCUT2D eigenvalue weighted by molar-refractivity contribution is 0.175. The summed E-state index contributed by atoms with van der Waals surface area (Å²) in [5, 5.41) is 0.0476. The molecule has 6 nitrogen and oxygen atoms in total. The molecule has 0 saturated carbocycles. The number of rotatable bonds is 8. The summed E-state index contributed by atoms with van der Waals surface area (Å²) in [6, 6.07) is 3.18. The average molecular weight is 301 g/mol. The van der Waals surface area contributed by atoms with Crippen molar-refractivity contribution in [2.45, 2.75) is 25.4 Å². The number of aromatic nitrogens is 1. The number of nitrogens with zero attached hydrogens (tertiary/aromatic N) is 2. The maximum absolute atomic E-state index is 12.5. The van der Waals surface area contributed by atoms with Crippen molar-refractivity contribution in [3.63, 3.8) is 0 Å². The van der Waals surface area contributed by atoms with Gasteiger partial charge in [-0.25, -0.2) is 13.4 Å². The summed E-state index contributed by atoms with van der Waals surface area (Å²) in [7, 11) is -2.04. The molecule has 20 heavy (non-hydrogen) atoms. The molecular formula is C13H23N3O3S. The lowest BCUT2D eigenvalue weighted by Gasteiger charge is -2.23. The Kier molecular flexibility index (Phi) is 6.54. The van der Waals surface area contributed by atoms with Gasteiger partial charge >= 0.3 is 0 Å². The molecule has 2 N–H and O–H groups in total. The van der Waals surface area contributed by atoms with E-state index in [1.807, 2.05) is 13.8 Å². The number of hydrogen-bond donors (Lipinski definition) is 1. The molecule has 0 amide bonds. The molecule has 0 bridgehead atoms. The Hall–Kier alpha value is -1.02. The van der Waals surface area contributed by atoms with Crippen molar-refractivity contribution in [2.75, 3.05) is 26.8 Å². The fraction of sp³-hybridized carbons (Fsp3) is 0.615. The smallest absolute Gasteiger partial charge is 0.260 e. The second-order valence-corrected chi connectivity index (χ2v) is 6.84. The van der Waals surface area contributed by atoms with E-state index in [4.69, 9.17) is 10.5 Å².